The Labute approximate surface area is 250 Å². The van der Waals surface area contributed by atoms with Crippen LogP contribution in [0, 0.1) is 83.5 Å². The minimum absolute atomic E-state index is 0. The van der Waals surface area contributed by atoms with E-state index in [4.69, 9.17) is 90.4 Å². The molecule has 0 amide bonds. The van der Waals surface area contributed by atoms with E-state index in [2.05, 4.69) is 0 Å². The zero-order chi connectivity index (χ0) is 26.1. The van der Waals surface area contributed by atoms with Crippen LogP contribution in [0.3, 0.4) is 0 Å². The molecular formula is Ni3O22P4U3. The first-order valence-corrected chi connectivity index (χ1v) is 20.2. The van der Waals surface area contributed by atoms with Gasteiger partial charge in [0.25, 0.3) is 0 Å². The first kappa shape index (κ1) is 65.2. The zero-order valence-corrected chi connectivity index (χ0v) is 32.3. The van der Waals surface area contributed by atoms with E-state index in [1.165, 1.54) is 0 Å². The van der Waals surface area contributed by atoms with Crippen molar-refractivity contribution in [2.24, 2.45) is 0 Å². The fraction of sp³-hybridized carbons (Fsp3) is 0. The van der Waals surface area contributed by atoms with Crippen molar-refractivity contribution in [3.05, 3.63) is 0 Å². The van der Waals surface area contributed by atoms with E-state index in [0.29, 0.717) is 0 Å². The van der Waals surface area contributed by atoms with Gasteiger partial charge in [0.05, 0.1) is 0 Å². The average molecular weight is 1370 g/mol. The molecule has 194 valence electrons. The minimum atomic E-state index is -5.39. The third-order valence-corrected chi connectivity index (χ3v) is 0. The quantitative estimate of drug-likeness (QED) is 0.160. The molecule has 0 aromatic heterocycles. The molecule has 22 nitrogen and oxygen atoms in total. The number of phosphoric acid groups is 4. The summed E-state index contributed by atoms with van der Waals surface area (Å²) in [4.78, 5) is 103. The molecule has 0 fully saturated rings. The Morgan fingerprint density at radius 2 is 0.312 bits per heavy atom. The summed E-state index contributed by atoms with van der Waals surface area (Å²) >= 11 is -7.52. The van der Waals surface area contributed by atoms with Crippen LogP contribution >= 0.6 is 31.3 Å². The molecule has 0 aromatic carbocycles. The maximum atomic E-state index is 8.58. The third kappa shape index (κ3) is 2440. The summed E-state index contributed by atoms with van der Waals surface area (Å²) in [5.74, 6) is 0. The van der Waals surface area contributed by atoms with Gasteiger partial charge in [0.15, 0.2) is 0 Å². The van der Waals surface area contributed by atoms with Gasteiger partial charge in [0.1, 0.15) is 0 Å². The van der Waals surface area contributed by atoms with Crippen LogP contribution in [-0.2, 0) is 81.1 Å². The van der Waals surface area contributed by atoms with Gasteiger partial charge in [-0.15, -0.1) is 0 Å². The topological polar surface area (TPSA) is 447 Å². The molecule has 0 N–H and O–H groups in total. The van der Waals surface area contributed by atoms with E-state index in [-0.39, 0.29) is 49.5 Å². The van der Waals surface area contributed by atoms with Crippen LogP contribution in [-0.4, -0.2) is 0 Å². The number of hydrogen-bond donors (Lipinski definition) is 0. The maximum absolute atomic E-state index is 8.58. The van der Waals surface area contributed by atoms with Crippen LogP contribution in [0.5, 0.6) is 0 Å². The normalized spacial score (nSPS) is 8.12. The molecule has 0 rings (SSSR count). The standard InChI is InChI=1S/3Ni.4H3O4P.6O.3U/c;;;4*1-5(2,3)4;;;;;;;;;/h;;;4*(H3,1,2,3,4);;;;;;;;;/q3*+2;;;;;;;;;;;3*+2/p-12. The molecule has 32 heavy (non-hydrogen) atoms. The molecule has 0 saturated carbocycles. The summed E-state index contributed by atoms with van der Waals surface area (Å²) in [5, 5.41) is 0. The van der Waals surface area contributed by atoms with Gasteiger partial charge in [-0.25, -0.2) is 0 Å². The molecular weight excluding hydrogens is 1370 g/mol. The van der Waals surface area contributed by atoms with Gasteiger partial charge in [-0.1, -0.05) is 0 Å². The molecule has 0 spiro atoms. The first-order valence-electron chi connectivity index (χ1n) is 4.15. The van der Waals surface area contributed by atoms with Crippen molar-refractivity contribution in [3.8, 4) is 0 Å². The van der Waals surface area contributed by atoms with E-state index >= 15 is 0 Å². The summed E-state index contributed by atoms with van der Waals surface area (Å²) in [6.45, 7) is 0. The van der Waals surface area contributed by atoms with Crippen LogP contribution in [0.15, 0.2) is 0 Å². The summed E-state index contributed by atoms with van der Waals surface area (Å²) in [6.07, 6.45) is 0. The fourth-order valence-corrected chi connectivity index (χ4v) is 0. The van der Waals surface area contributed by atoms with E-state index < -0.39 is 115 Å². The van der Waals surface area contributed by atoms with E-state index in [9.17, 15) is 0 Å². The summed E-state index contributed by atoms with van der Waals surface area (Å²) < 4.78 is 85.7. The molecule has 0 unspecified atom stereocenters. The van der Waals surface area contributed by atoms with Crippen molar-refractivity contribution in [3.63, 3.8) is 0 Å². The van der Waals surface area contributed by atoms with Crippen molar-refractivity contribution in [2.45, 2.75) is 0 Å². The fourth-order valence-electron chi connectivity index (χ4n) is 0. The molecule has 0 aliphatic heterocycles. The SMILES string of the molecule is O=P([O-])([O-])[O-].O=P([O-])([O-])[O-].O=P([O-])([O-])[O-].O=P([O-])([O-])[O-].[Ni+2].[Ni+2].[Ni+2].[O]=[U+2]=[O].[O]=[U+2]=[O].[O]=[U+2]=[O]. The van der Waals surface area contributed by atoms with Gasteiger partial charge >= 0.3 is 146 Å². The molecule has 32 heteroatoms. The van der Waals surface area contributed by atoms with Crippen molar-refractivity contribution < 1.29 is 223 Å². The second-order valence-electron chi connectivity index (χ2n) is 2.04. The molecule has 0 saturated heterocycles. The molecule has 0 bridgehead atoms. The number of hydrogen-bond acceptors (Lipinski definition) is 22. The Hall–Kier alpha value is 3.88. The first-order chi connectivity index (χ1) is 12.2. The van der Waals surface area contributed by atoms with Crippen LogP contribution in [0.2, 0.25) is 0 Å². The Bertz CT molecular complexity index is 504. The zero-order valence-electron chi connectivity index (χ0n) is 13.2. The Morgan fingerprint density at radius 1 is 0.312 bits per heavy atom. The molecule has 0 aliphatic carbocycles. The van der Waals surface area contributed by atoms with Gasteiger partial charge in [0, 0.05) is 0 Å². The second kappa shape index (κ2) is 42.0. The Balaban J connectivity index is -0.0000000220. The predicted molar refractivity (Wildman–Crippen MR) is 34.5 cm³/mol. The van der Waals surface area contributed by atoms with E-state index in [1.54, 1.807) is 0 Å². The van der Waals surface area contributed by atoms with Crippen LogP contribution in [0.1, 0.15) is 0 Å². The van der Waals surface area contributed by atoms with Crippen LogP contribution in [0.25, 0.3) is 0 Å². The van der Waals surface area contributed by atoms with Gasteiger partial charge in [-0.2, -0.15) is 31.3 Å². The van der Waals surface area contributed by atoms with Crippen molar-refractivity contribution in [1.29, 1.82) is 0 Å². The van der Waals surface area contributed by atoms with Crippen molar-refractivity contribution in [2.75, 3.05) is 0 Å². The van der Waals surface area contributed by atoms with Crippen molar-refractivity contribution >= 4 is 31.3 Å². The van der Waals surface area contributed by atoms with Gasteiger partial charge < -0.3 is 77.0 Å². The molecule has 0 aromatic rings. The average Bonchev–Trinajstić information content (AvgIpc) is 2.20. The summed E-state index contributed by atoms with van der Waals surface area (Å²) in [6, 6.07) is 0. The molecule has 0 aliphatic rings. The predicted octanol–water partition coefficient (Wildman–Crippen LogP) is -12.0. The molecule has 0 radical (unpaired) electrons. The van der Waals surface area contributed by atoms with Gasteiger partial charge in [-0.05, 0) is 0 Å². The Kier molecular flexibility index (Phi) is 85.5. The van der Waals surface area contributed by atoms with E-state index in [0.717, 1.165) is 0 Å². The summed E-state index contributed by atoms with van der Waals surface area (Å²) in [5.41, 5.74) is 0. The number of rotatable bonds is 0. The van der Waals surface area contributed by atoms with Crippen molar-refractivity contribution in [1.82, 2.24) is 0 Å². The van der Waals surface area contributed by atoms with Gasteiger partial charge in [0.2, 0.25) is 0 Å². The van der Waals surface area contributed by atoms with Crippen LogP contribution < -0.4 is 58.7 Å². The second-order valence-corrected chi connectivity index (χ2v) is 7.70. The van der Waals surface area contributed by atoms with Gasteiger partial charge in [-0.3, -0.25) is 0 Å². The Morgan fingerprint density at radius 3 is 0.312 bits per heavy atom. The van der Waals surface area contributed by atoms with E-state index in [1.807, 2.05) is 0 Å². The third-order valence-electron chi connectivity index (χ3n) is 0. The molecule has 0 heterocycles. The molecule has 0 atom stereocenters. The summed E-state index contributed by atoms with van der Waals surface area (Å²) in [7, 11) is -21.6. The monoisotopic (exact) mass is 1360 g/mol. The van der Waals surface area contributed by atoms with Crippen LogP contribution in [0.4, 0.5) is 0 Å².